The lowest BCUT2D eigenvalue weighted by molar-refractivity contribution is 0.332. The van der Waals surface area contributed by atoms with Crippen molar-refractivity contribution in [2.45, 2.75) is 187 Å². The lowest BCUT2D eigenvalue weighted by atomic mass is 9.35. The number of anilines is 6. The number of rotatable bonds is 4. The minimum Gasteiger partial charge on any atom is -0.468 e. The standard InChI is InChI=1S/C73H81BN2O/c1-44-37-58-63-59(38-44)76(64-49(45-23-18-17-19-24-45)41-55-62(73(15,16)36-35-72(55,13)14)61(64)46-25-22-26-47(39-46)67(2,3)4)57-28-21-20-27-56(57)74(63)66-65(50-42-53-54(43-60(50)77-66)71(11,12)34-33-70(53,9)10)75(58)48-29-30-51-52(40-48)69(7,8)32-31-68(51,5)6/h17-30,37-43H,31-36H2,1-16H3. The number of fused-ring (bicyclic) bond motifs is 9. The fourth-order valence-electron chi connectivity index (χ4n) is 15.1. The topological polar surface area (TPSA) is 19.6 Å². The third-order valence-electron chi connectivity index (χ3n) is 20.2. The normalized spacial score (nSPS) is 19.7. The quantitative estimate of drug-likeness (QED) is 0.164. The number of hydrogen-bond donors (Lipinski definition) is 0. The van der Waals surface area contributed by atoms with Crippen LogP contribution in [0.15, 0.2) is 132 Å². The van der Waals surface area contributed by atoms with Crippen LogP contribution in [0.5, 0.6) is 0 Å². The lowest BCUT2D eigenvalue weighted by Crippen LogP contribution is -2.61. The predicted molar refractivity (Wildman–Crippen MR) is 330 cm³/mol. The van der Waals surface area contributed by atoms with Crippen molar-refractivity contribution in [1.29, 1.82) is 0 Å². The second-order valence-electron chi connectivity index (χ2n) is 29.4. The monoisotopic (exact) mass is 1010 g/mol. The third-order valence-corrected chi connectivity index (χ3v) is 20.2. The van der Waals surface area contributed by atoms with Gasteiger partial charge in [-0.1, -0.05) is 183 Å². The van der Waals surface area contributed by atoms with E-state index < -0.39 is 0 Å². The van der Waals surface area contributed by atoms with Crippen LogP contribution in [-0.2, 0) is 37.9 Å². The van der Waals surface area contributed by atoms with E-state index in [2.05, 4.69) is 248 Å². The molecule has 0 atom stereocenters. The zero-order chi connectivity index (χ0) is 54.3. The van der Waals surface area contributed by atoms with Gasteiger partial charge in [0.15, 0.2) is 0 Å². The van der Waals surface area contributed by atoms with Gasteiger partial charge in [-0.25, -0.2) is 0 Å². The van der Waals surface area contributed by atoms with Gasteiger partial charge in [-0.15, -0.1) is 0 Å². The van der Waals surface area contributed by atoms with E-state index in [0.29, 0.717) is 0 Å². The molecule has 1 aromatic heterocycles. The molecule has 2 aliphatic heterocycles. The molecule has 4 heteroatoms. The van der Waals surface area contributed by atoms with Crippen molar-refractivity contribution in [3.63, 3.8) is 0 Å². The fourth-order valence-corrected chi connectivity index (χ4v) is 15.1. The Kier molecular flexibility index (Phi) is 10.7. The van der Waals surface area contributed by atoms with E-state index in [1.54, 1.807) is 0 Å². The maximum Gasteiger partial charge on any atom is 0.297 e. The smallest absolute Gasteiger partial charge is 0.297 e. The molecule has 0 fully saturated rings. The minimum absolute atomic E-state index is 0.0280. The molecule has 3 nitrogen and oxygen atoms in total. The SMILES string of the molecule is Cc1cc2c3c(c1)N(c1ccc4c(c1)C(C)(C)CCC4(C)C)c1c(oc4cc5c(cc14)C(C)(C)CCC5(C)C)B3c1ccccc1N2c1c(-c2ccccc2)cc2c(c1-c1cccc(C(C)(C)C)c1)C(C)(C)CCC2(C)C. The summed E-state index contributed by atoms with van der Waals surface area (Å²) in [6, 6.07) is 50.4. The Morgan fingerprint density at radius 3 is 1.69 bits per heavy atom. The Morgan fingerprint density at radius 2 is 1.03 bits per heavy atom. The van der Waals surface area contributed by atoms with E-state index in [-0.39, 0.29) is 44.6 Å². The van der Waals surface area contributed by atoms with Crippen LogP contribution >= 0.6 is 0 Å². The molecule has 0 saturated heterocycles. The maximum atomic E-state index is 7.73. The van der Waals surface area contributed by atoms with Crippen molar-refractivity contribution < 1.29 is 4.42 Å². The Morgan fingerprint density at radius 1 is 0.468 bits per heavy atom. The third kappa shape index (κ3) is 7.49. The number of hydrogen-bond acceptors (Lipinski definition) is 3. The van der Waals surface area contributed by atoms with Gasteiger partial charge in [0.05, 0.1) is 17.0 Å². The summed E-state index contributed by atoms with van der Waals surface area (Å²) in [5, 5.41) is 1.21. The zero-order valence-electron chi connectivity index (χ0n) is 49.2. The maximum absolute atomic E-state index is 7.73. The number of para-hydroxylation sites is 1. The second kappa shape index (κ2) is 16.4. The minimum atomic E-state index is -0.154. The average molecular weight is 1010 g/mol. The van der Waals surface area contributed by atoms with E-state index in [1.165, 1.54) is 124 Å². The molecule has 0 radical (unpaired) electrons. The van der Waals surface area contributed by atoms with Crippen LogP contribution in [0.2, 0.25) is 0 Å². The molecular weight excluding hydrogens is 932 g/mol. The summed E-state index contributed by atoms with van der Waals surface area (Å²) in [4.78, 5) is 5.39. The van der Waals surface area contributed by atoms with Crippen molar-refractivity contribution in [2.24, 2.45) is 0 Å². The highest BCUT2D eigenvalue weighted by Gasteiger charge is 2.50. The summed E-state index contributed by atoms with van der Waals surface area (Å²) in [5.41, 5.74) is 28.4. The molecule has 0 bridgehead atoms. The Labute approximate surface area is 461 Å². The van der Waals surface area contributed by atoms with E-state index in [9.17, 15) is 0 Å². The van der Waals surface area contributed by atoms with Gasteiger partial charge in [0, 0.05) is 39.3 Å². The van der Waals surface area contributed by atoms with Gasteiger partial charge >= 0.3 is 0 Å². The first-order chi connectivity index (χ1) is 36.2. The van der Waals surface area contributed by atoms with Crippen molar-refractivity contribution in [3.8, 4) is 22.3 Å². The highest BCUT2D eigenvalue weighted by Crippen LogP contribution is 2.59. The van der Waals surface area contributed by atoms with Gasteiger partial charge in [0.25, 0.3) is 6.71 Å². The molecule has 7 aromatic carbocycles. The van der Waals surface area contributed by atoms with Crippen LogP contribution in [0.3, 0.4) is 0 Å². The number of nitrogens with zero attached hydrogens (tertiary/aromatic N) is 2. The molecule has 0 spiro atoms. The van der Waals surface area contributed by atoms with E-state index in [1.807, 2.05) is 0 Å². The molecule has 77 heavy (non-hydrogen) atoms. The molecule has 0 amide bonds. The lowest BCUT2D eigenvalue weighted by Gasteiger charge is -2.47. The first-order valence-corrected chi connectivity index (χ1v) is 29.2. The zero-order valence-corrected chi connectivity index (χ0v) is 49.2. The number of furan rings is 1. The van der Waals surface area contributed by atoms with E-state index >= 15 is 0 Å². The van der Waals surface area contributed by atoms with Gasteiger partial charge in [0.1, 0.15) is 5.58 Å². The highest BCUT2D eigenvalue weighted by atomic mass is 16.3. The first-order valence-electron chi connectivity index (χ1n) is 29.2. The van der Waals surface area contributed by atoms with Gasteiger partial charge < -0.3 is 14.2 Å². The molecular formula is C73H81BN2O. The Bertz CT molecular complexity index is 3780. The summed E-state index contributed by atoms with van der Waals surface area (Å²) < 4.78 is 7.73. The van der Waals surface area contributed by atoms with Crippen molar-refractivity contribution in [3.05, 3.63) is 172 Å². The van der Waals surface area contributed by atoms with E-state index in [0.717, 1.165) is 43.3 Å². The second-order valence-corrected chi connectivity index (χ2v) is 29.4. The fraction of sp³-hybridized carbons (Fsp3) is 0.397. The van der Waals surface area contributed by atoms with Gasteiger partial charge in [-0.3, -0.25) is 0 Å². The van der Waals surface area contributed by atoms with Crippen LogP contribution in [-0.4, -0.2) is 6.71 Å². The molecule has 3 heterocycles. The first kappa shape index (κ1) is 50.3. The molecule has 0 saturated carbocycles. The van der Waals surface area contributed by atoms with Crippen LogP contribution in [0, 0.1) is 6.92 Å². The molecule has 13 rings (SSSR count). The van der Waals surface area contributed by atoms with Crippen molar-refractivity contribution in [2.75, 3.05) is 9.80 Å². The van der Waals surface area contributed by atoms with Crippen LogP contribution in [0.1, 0.15) is 187 Å². The number of benzene rings is 7. The summed E-state index contributed by atoms with van der Waals surface area (Å²) in [6.07, 6.45) is 6.87. The molecule has 392 valence electrons. The van der Waals surface area contributed by atoms with Crippen molar-refractivity contribution in [1.82, 2.24) is 0 Å². The van der Waals surface area contributed by atoms with Crippen molar-refractivity contribution >= 4 is 68.4 Å². The van der Waals surface area contributed by atoms with Crippen LogP contribution < -0.4 is 26.4 Å². The van der Waals surface area contributed by atoms with E-state index in [4.69, 9.17) is 4.42 Å². The van der Waals surface area contributed by atoms with Gasteiger partial charge in [-0.2, -0.15) is 0 Å². The molecule has 0 unspecified atom stereocenters. The predicted octanol–water partition coefficient (Wildman–Crippen LogP) is 18.5. The molecule has 8 aromatic rings. The molecule has 5 aliphatic rings. The summed E-state index contributed by atoms with van der Waals surface area (Å²) >= 11 is 0. The summed E-state index contributed by atoms with van der Waals surface area (Å²) in [5.74, 6) is 0. The highest BCUT2D eigenvalue weighted by molar-refractivity contribution is 7.00. The van der Waals surface area contributed by atoms with Crippen LogP contribution in [0.25, 0.3) is 33.2 Å². The Balaban J connectivity index is 1.19. The van der Waals surface area contributed by atoms with Gasteiger partial charge in [0.2, 0.25) is 0 Å². The van der Waals surface area contributed by atoms with Crippen LogP contribution in [0.4, 0.5) is 34.1 Å². The average Bonchev–Trinajstić information content (AvgIpc) is 3.80. The largest absolute Gasteiger partial charge is 0.468 e. The van der Waals surface area contributed by atoms with Gasteiger partial charge in [-0.05, 0) is 198 Å². The molecule has 3 aliphatic carbocycles. The summed E-state index contributed by atoms with van der Waals surface area (Å²) in [6.45, 7) is 38.9. The Hall–Kier alpha value is -6.26. The number of aryl methyl sites for hydroxylation is 1. The summed E-state index contributed by atoms with van der Waals surface area (Å²) in [7, 11) is 0. The molecule has 0 N–H and O–H groups in total.